The quantitative estimate of drug-likeness (QED) is 0.737. The van der Waals surface area contributed by atoms with Crippen molar-refractivity contribution in [1.29, 1.82) is 0 Å². The van der Waals surface area contributed by atoms with E-state index in [1.807, 2.05) is 4.90 Å². The van der Waals surface area contributed by atoms with E-state index in [-0.39, 0.29) is 18.3 Å². The van der Waals surface area contributed by atoms with E-state index in [4.69, 9.17) is 5.73 Å². The van der Waals surface area contributed by atoms with Crippen LogP contribution >= 0.6 is 12.4 Å². The molecule has 4 heteroatoms. The number of hydrogen-bond acceptors (Lipinski definition) is 2. The highest BCUT2D eigenvalue weighted by atomic mass is 35.5. The van der Waals surface area contributed by atoms with E-state index in [2.05, 4.69) is 0 Å². The minimum atomic E-state index is 0. The van der Waals surface area contributed by atoms with Crippen molar-refractivity contribution in [3.8, 4) is 0 Å². The molecular formula is C9H19ClN2O. The van der Waals surface area contributed by atoms with Crippen molar-refractivity contribution in [2.45, 2.75) is 32.1 Å². The standard InChI is InChI=1S/C9H18N2O.ClH/c10-6-5-9(12)11-7-3-1-2-4-8-11;/h1-8,10H2;1H. The van der Waals surface area contributed by atoms with Crippen LogP contribution in [0.3, 0.4) is 0 Å². The van der Waals surface area contributed by atoms with Gasteiger partial charge in [0.2, 0.25) is 5.91 Å². The zero-order valence-electron chi connectivity index (χ0n) is 8.00. The highest BCUT2D eigenvalue weighted by Gasteiger charge is 2.13. The number of nitrogens with zero attached hydrogens (tertiary/aromatic N) is 1. The number of nitrogens with two attached hydrogens (primary N) is 1. The average Bonchev–Trinajstić information content (AvgIpc) is 2.32. The lowest BCUT2D eigenvalue weighted by atomic mass is 10.2. The molecule has 1 aliphatic heterocycles. The van der Waals surface area contributed by atoms with Gasteiger partial charge in [-0.15, -0.1) is 12.4 Å². The summed E-state index contributed by atoms with van der Waals surface area (Å²) in [6.45, 7) is 2.37. The van der Waals surface area contributed by atoms with Gasteiger partial charge in [0.05, 0.1) is 0 Å². The van der Waals surface area contributed by atoms with Crippen LogP contribution in [-0.4, -0.2) is 30.4 Å². The summed E-state index contributed by atoms with van der Waals surface area (Å²) in [7, 11) is 0. The summed E-state index contributed by atoms with van der Waals surface area (Å²) in [5, 5.41) is 0. The molecule has 1 heterocycles. The van der Waals surface area contributed by atoms with Crippen molar-refractivity contribution in [3.05, 3.63) is 0 Å². The summed E-state index contributed by atoms with van der Waals surface area (Å²) < 4.78 is 0. The van der Waals surface area contributed by atoms with Crippen molar-refractivity contribution in [2.24, 2.45) is 5.73 Å². The molecule has 0 spiro atoms. The van der Waals surface area contributed by atoms with Crippen LogP contribution in [0.1, 0.15) is 32.1 Å². The Hall–Kier alpha value is -0.280. The zero-order chi connectivity index (χ0) is 8.81. The van der Waals surface area contributed by atoms with Gasteiger partial charge in [0.15, 0.2) is 0 Å². The Morgan fingerprint density at radius 3 is 2.15 bits per heavy atom. The Labute approximate surface area is 86.1 Å². The Morgan fingerprint density at radius 2 is 1.69 bits per heavy atom. The molecule has 1 saturated heterocycles. The van der Waals surface area contributed by atoms with E-state index < -0.39 is 0 Å². The largest absolute Gasteiger partial charge is 0.343 e. The predicted octanol–water partition coefficient (Wildman–Crippen LogP) is 1.16. The summed E-state index contributed by atoms with van der Waals surface area (Å²) in [6, 6.07) is 0. The van der Waals surface area contributed by atoms with Gasteiger partial charge in [-0.3, -0.25) is 4.79 Å². The van der Waals surface area contributed by atoms with Gasteiger partial charge in [0, 0.05) is 26.1 Å². The Balaban J connectivity index is 0.00000144. The van der Waals surface area contributed by atoms with Crippen LogP contribution in [0.4, 0.5) is 0 Å². The summed E-state index contributed by atoms with van der Waals surface area (Å²) in [4.78, 5) is 13.4. The summed E-state index contributed by atoms with van der Waals surface area (Å²) in [6.07, 6.45) is 5.38. The lowest BCUT2D eigenvalue weighted by molar-refractivity contribution is -0.130. The zero-order valence-corrected chi connectivity index (χ0v) is 8.81. The maximum absolute atomic E-state index is 11.4. The van der Waals surface area contributed by atoms with E-state index in [0.717, 1.165) is 25.9 Å². The van der Waals surface area contributed by atoms with Crippen molar-refractivity contribution in [1.82, 2.24) is 4.90 Å². The van der Waals surface area contributed by atoms with E-state index in [9.17, 15) is 4.79 Å². The molecule has 1 fully saturated rings. The lowest BCUT2D eigenvalue weighted by Gasteiger charge is -2.19. The second kappa shape index (κ2) is 7.15. The maximum Gasteiger partial charge on any atom is 0.223 e. The number of carbonyl (C=O) groups is 1. The SMILES string of the molecule is Cl.NCCC(=O)N1CCCCCC1. The van der Waals surface area contributed by atoms with Crippen molar-refractivity contribution >= 4 is 18.3 Å². The molecule has 0 aromatic carbocycles. The lowest BCUT2D eigenvalue weighted by Crippen LogP contribution is -2.33. The third-order valence-corrected chi connectivity index (χ3v) is 2.32. The molecule has 13 heavy (non-hydrogen) atoms. The monoisotopic (exact) mass is 206 g/mol. The number of likely N-dealkylation sites (tertiary alicyclic amines) is 1. The van der Waals surface area contributed by atoms with Gasteiger partial charge in [-0.2, -0.15) is 0 Å². The molecule has 1 rings (SSSR count). The Morgan fingerprint density at radius 1 is 1.15 bits per heavy atom. The topological polar surface area (TPSA) is 46.3 Å². The van der Waals surface area contributed by atoms with Gasteiger partial charge < -0.3 is 10.6 Å². The van der Waals surface area contributed by atoms with Gasteiger partial charge >= 0.3 is 0 Å². The second-order valence-electron chi connectivity index (χ2n) is 3.33. The molecule has 3 nitrogen and oxygen atoms in total. The van der Waals surface area contributed by atoms with Gasteiger partial charge in [0.1, 0.15) is 0 Å². The maximum atomic E-state index is 11.4. The van der Waals surface area contributed by atoms with Crippen LogP contribution in [0.5, 0.6) is 0 Å². The van der Waals surface area contributed by atoms with Gasteiger partial charge in [-0.25, -0.2) is 0 Å². The highest BCUT2D eigenvalue weighted by Crippen LogP contribution is 2.10. The number of hydrogen-bond donors (Lipinski definition) is 1. The van der Waals surface area contributed by atoms with Crippen LogP contribution in [0.15, 0.2) is 0 Å². The second-order valence-corrected chi connectivity index (χ2v) is 3.33. The van der Waals surface area contributed by atoms with Gasteiger partial charge in [-0.05, 0) is 12.8 Å². The van der Waals surface area contributed by atoms with E-state index in [1.54, 1.807) is 0 Å². The normalized spacial score (nSPS) is 17.5. The molecule has 0 aliphatic carbocycles. The van der Waals surface area contributed by atoms with Crippen molar-refractivity contribution in [3.63, 3.8) is 0 Å². The third-order valence-electron chi connectivity index (χ3n) is 2.32. The average molecular weight is 207 g/mol. The first-order chi connectivity index (χ1) is 5.84. The minimum Gasteiger partial charge on any atom is -0.343 e. The van der Waals surface area contributed by atoms with Crippen LogP contribution in [0.2, 0.25) is 0 Å². The molecule has 1 aliphatic rings. The predicted molar refractivity (Wildman–Crippen MR) is 56.0 cm³/mol. The molecular weight excluding hydrogens is 188 g/mol. The summed E-state index contributed by atoms with van der Waals surface area (Å²) >= 11 is 0. The fourth-order valence-electron chi connectivity index (χ4n) is 1.60. The Kier molecular flexibility index (Phi) is 7.00. The van der Waals surface area contributed by atoms with E-state index in [1.165, 1.54) is 12.8 Å². The Bertz CT molecular complexity index is 145. The van der Waals surface area contributed by atoms with E-state index >= 15 is 0 Å². The highest BCUT2D eigenvalue weighted by molar-refractivity contribution is 5.85. The molecule has 0 bridgehead atoms. The number of carbonyl (C=O) groups excluding carboxylic acids is 1. The van der Waals surface area contributed by atoms with Gasteiger partial charge in [-0.1, -0.05) is 12.8 Å². The van der Waals surface area contributed by atoms with Crippen molar-refractivity contribution < 1.29 is 4.79 Å². The molecule has 2 N–H and O–H groups in total. The molecule has 0 unspecified atom stereocenters. The smallest absolute Gasteiger partial charge is 0.223 e. The fraction of sp³-hybridized carbons (Fsp3) is 0.889. The van der Waals surface area contributed by atoms with Crippen LogP contribution in [0, 0.1) is 0 Å². The van der Waals surface area contributed by atoms with Crippen LogP contribution < -0.4 is 5.73 Å². The third kappa shape index (κ3) is 4.48. The molecule has 0 atom stereocenters. The molecule has 0 radical (unpaired) electrons. The number of amides is 1. The summed E-state index contributed by atoms with van der Waals surface area (Å²) in [5.74, 6) is 0.236. The van der Waals surface area contributed by atoms with Crippen molar-refractivity contribution in [2.75, 3.05) is 19.6 Å². The number of halogens is 1. The molecule has 0 aromatic heterocycles. The number of rotatable bonds is 2. The van der Waals surface area contributed by atoms with Crippen LogP contribution in [-0.2, 0) is 4.79 Å². The van der Waals surface area contributed by atoms with Gasteiger partial charge in [0.25, 0.3) is 0 Å². The van der Waals surface area contributed by atoms with E-state index in [0.29, 0.717) is 13.0 Å². The summed E-state index contributed by atoms with van der Waals surface area (Å²) in [5.41, 5.74) is 5.33. The first-order valence-corrected chi connectivity index (χ1v) is 4.82. The first-order valence-electron chi connectivity index (χ1n) is 4.82. The molecule has 0 saturated carbocycles. The minimum absolute atomic E-state index is 0. The molecule has 1 amide bonds. The molecule has 0 aromatic rings. The first kappa shape index (κ1) is 12.7. The molecule has 78 valence electrons. The van der Waals surface area contributed by atoms with Crippen LogP contribution in [0.25, 0.3) is 0 Å². The fourth-order valence-corrected chi connectivity index (χ4v) is 1.60.